The summed E-state index contributed by atoms with van der Waals surface area (Å²) in [7, 11) is 1.35. The number of nitro groups is 1. The molecule has 1 fully saturated rings. The second kappa shape index (κ2) is 9.00. The molecule has 0 heterocycles. The summed E-state index contributed by atoms with van der Waals surface area (Å²) in [5.74, 6) is -0.578. The lowest BCUT2D eigenvalue weighted by Gasteiger charge is -2.08. The third kappa shape index (κ3) is 6.06. The molecule has 0 unspecified atom stereocenters. The summed E-state index contributed by atoms with van der Waals surface area (Å²) in [4.78, 5) is 33.8. The summed E-state index contributed by atoms with van der Waals surface area (Å²) in [6, 6.07) is 4.77. The summed E-state index contributed by atoms with van der Waals surface area (Å²) < 4.78 is 4.55. The number of carbonyl (C=O) groups is 2. The number of amides is 1. The lowest BCUT2D eigenvalue weighted by molar-refractivity contribution is -0.384. The van der Waals surface area contributed by atoms with Crippen LogP contribution >= 0.6 is 0 Å². The van der Waals surface area contributed by atoms with Crippen LogP contribution in [-0.2, 0) is 9.53 Å². The Hall–Kier alpha value is -2.64. The van der Waals surface area contributed by atoms with Gasteiger partial charge in [-0.2, -0.15) is 0 Å². The minimum Gasteiger partial charge on any atom is -0.469 e. The SMILES string of the molecule is COC(=O)CCCCCNC(=O)c1ccc(NC2CC2)c([N+](=O)[O-])c1. The molecule has 1 aromatic carbocycles. The van der Waals surface area contributed by atoms with Gasteiger partial charge in [0.05, 0.1) is 12.0 Å². The van der Waals surface area contributed by atoms with Crippen LogP contribution in [0.3, 0.4) is 0 Å². The number of nitro benzene ring substituents is 1. The maximum absolute atomic E-state index is 12.1. The summed E-state index contributed by atoms with van der Waals surface area (Å²) >= 11 is 0. The minimum absolute atomic E-state index is 0.0855. The molecule has 8 heteroatoms. The number of unbranched alkanes of at least 4 members (excludes halogenated alkanes) is 2. The normalized spacial score (nSPS) is 13.2. The highest BCUT2D eigenvalue weighted by Crippen LogP contribution is 2.31. The molecule has 2 rings (SSSR count). The van der Waals surface area contributed by atoms with Crippen molar-refractivity contribution in [1.82, 2.24) is 5.32 Å². The molecule has 0 radical (unpaired) electrons. The van der Waals surface area contributed by atoms with E-state index in [-0.39, 0.29) is 23.1 Å². The molecule has 1 aliphatic carbocycles. The Morgan fingerprint density at radius 1 is 1.28 bits per heavy atom. The van der Waals surface area contributed by atoms with E-state index in [1.165, 1.54) is 13.2 Å². The Balaban J connectivity index is 1.81. The fraction of sp³-hybridized carbons (Fsp3) is 0.529. The maximum atomic E-state index is 12.1. The number of methoxy groups -OCH3 is 1. The number of nitrogens with one attached hydrogen (secondary N) is 2. The molecule has 2 N–H and O–H groups in total. The largest absolute Gasteiger partial charge is 0.469 e. The van der Waals surface area contributed by atoms with Crippen LogP contribution in [0.4, 0.5) is 11.4 Å². The zero-order valence-corrected chi connectivity index (χ0v) is 14.2. The summed E-state index contributed by atoms with van der Waals surface area (Å²) in [5.41, 5.74) is 0.632. The van der Waals surface area contributed by atoms with E-state index < -0.39 is 4.92 Å². The fourth-order valence-corrected chi connectivity index (χ4v) is 2.37. The first-order chi connectivity index (χ1) is 12.0. The van der Waals surface area contributed by atoms with E-state index in [2.05, 4.69) is 15.4 Å². The van der Waals surface area contributed by atoms with Gasteiger partial charge in [-0.3, -0.25) is 19.7 Å². The van der Waals surface area contributed by atoms with Crippen molar-refractivity contribution in [2.24, 2.45) is 0 Å². The second-order valence-corrected chi connectivity index (χ2v) is 6.05. The van der Waals surface area contributed by atoms with E-state index in [4.69, 9.17) is 0 Å². The Labute approximate surface area is 146 Å². The number of carbonyl (C=O) groups excluding carboxylic acids is 2. The van der Waals surface area contributed by atoms with Crippen LogP contribution < -0.4 is 10.6 Å². The van der Waals surface area contributed by atoms with Gasteiger partial charge in [-0.05, 0) is 37.8 Å². The zero-order chi connectivity index (χ0) is 18.2. The van der Waals surface area contributed by atoms with Gasteiger partial charge in [-0.1, -0.05) is 6.42 Å². The molecular formula is C17H23N3O5. The average molecular weight is 349 g/mol. The first-order valence-corrected chi connectivity index (χ1v) is 8.41. The topological polar surface area (TPSA) is 111 Å². The number of esters is 1. The fourth-order valence-electron chi connectivity index (χ4n) is 2.37. The molecular weight excluding hydrogens is 326 g/mol. The molecule has 136 valence electrons. The molecule has 0 atom stereocenters. The van der Waals surface area contributed by atoms with E-state index in [0.29, 0.717) is 31.1 Å². The number of benzene rings is 1. The van der Waals surface area contributed by atoms with Crippen molar-refractivity contribution in [3.8, 4) is 0 Å². The van der Waals surface area contributed by atoms with Crippen molar-refractivity contribution in [2.75, 3.05) is 19.0 Å². The Kier molecular flexibility index (Phi) is 6.73. The highest BCUT2D eigenvalue weighted by atomic mass is 16.6. The number of anilines is 1. The van der Waals surface area contributed by atoms with Crippen LogP contribution in [-0.4, -0.2) is 36.5 Å². The van der Waals surface area contributed by atoms with E-state index in [1.807, 2.05) is 0 Å². The van der Waals surface area contributed by atoms with Crippen molar-refractivity contribution < 1.29 is 19.2 Å². The van der Waals surface area contributed by atoms with E-state index >= 15 is 0 Å². The molecule has 25 heavy (non-hydrogen) atoms. The number of ether oxygens (including phenoxy) is 1. The summed E-state index contributed by atoms with van der Waals surface area (Å²) in [6.07, 6.45) is 4.61. The molecule has 8 nitrogen and oxygen atoms in total. The van der Waals surface area contributed by atoms with Gasteiger partial charge in [0, 0.05) is 30.6 Å². The third-order valence-corrected chi connectivity index (χ3v) is 3.96. The average Bonchev–Trinajstić information content (AvgIpc) is 3.41. The van der Waals surface area contributed by atoms with Crippen molar-refractivity contribution in [1.29, 1.82) is 0 Å². The smallest absolute Gasteiger partial charge is 0.305 e. The monoisotopic (exact) mass is 349 g/mol. The molecule has 1 aromatic rings. The minimum atomic E-state index is -0.478. The van der Waals surface area contributed by atoms with Crippen molar-refractivity contribution in [3.05, 3.63) is 33.9 Å². The first kappa shape index (κ1) is 18.7. The van der Waals surface area contributed by atoms with Gasteiger partial charge in [0.15, 0.2) is 0 Å². The standard InChI is InChI=1S/C17H23N3O5/c1-25-16(21)5-3-2-4-10-18-17(22)12-6-9-14(19-13-7-8-13)15(11-12)20(23)24/h6,9,11,13,19H,2-5,7-8,10H2,1H3,(H,18,22). The molecule has 0 spiro atoms. The molecule has 0 aromatic heterocycles. The second-order valence-electron chi connectivity index (χ2n) is 6.05. The van der Waals surface area contributed by atoms with Crippen LogP contribution in [0.15, 0.2) is 18.2 Å². The van der Waals surface area contributed by atoms with Gasteiger partial charge in [0.2, 0.25) is 0 Å². The molecule has 0 aliphatic heterocycles. The zero-order valence-electron chi connectivity index (χ0n) is 14.2. The Morgan fingerprint density at radius 3 is 2.68 bits per heavy atom. The number of hydrogen-bond donors (Lipinski definition) is 2. The Morgan fingerprint density at radius 2 is 2.04 bits per heavy atom. The van der Waals surface area contributed by atoms with Crippen LogP contribution in [0.5, 0.6) is 0 Å². The predicted octanol–water partition coefficient (Wildman–Crippen LogP) is 2.63. The van der Waals surface area contributed by atoms with Gasteiger partial charge >= 0.3 is 5.97 Å². The van der Waals surface area contributed by atoms with Crippen LogP contribution in [0, 0.1) is 10.1 Å². The molecule has 0 saturated heterocycles. The number of hydrogen-bond acceptors (Lipinski definition) is 6. The number of rotatable bonds is 10. The molecule has 0 bridgehead atoms. The molecule has 1 aliphatic rings. The highest BCUT2D eigenvalue weighted by molar-refractivity contribution is 5.95. The quantitative estimate of drug-likeness (QED) is 0.291. The van der Waals surface area contributed by atoms with Crippen LogP contribution in [0.1, 0.15) is 48.9 Å². The Bertz CT molecular complexity index is 643. The van der Waals surface area contributed by atoms with Gasteiger partial charge in [-0.15, -0.1) is 0 Å². The number of nitrogens with zero attached hydrogens (tertiary/aromatic N) is 1. The third-order valence-electron chi connectivity index (χ3n) is 3.96. The van der Waals surface area contributed by atoms with Crippen LogP contribution in [0.25, 0.3) is 0 Å². The van der Waals surface area contributed by atoms with E-state index in [0.717, 1.165) is 25.7 Å². The summed E-state index contributed by atoms with van der Waals surface area (Å²) in [6.45, 7) is 0.454. The first-order valence-electron chi connectivity index (χ1n) is 8.41. The summed E-state index contributed by atoms with van der Waals surface area (Å²) in [5, 5.41) is 17.0. The van der Waals surface area contributed by atoms with Crippen molar-refractivity contribution >= 4 is 23.3 Å². The van der Waals surface area contributed by atoms with Gasteiger partial charge in [0.1, 0.15) is 5.69 Å². The van der Waals surface area contributed by atoms with Gasteiger partial charge in [-0.25, -0.2) is 0 Å². The highest BCUT2D eigenvalue weighted by Gasteiger charge is 2.25. The molecule has 1 saturated carbocycles. The molecule has 1 amide bonds. The van der Waals surface area contributed by atoms with Gasteiger partial charge in [0.25, 0.3) is 11.6 Å². The predicted molar refractivity (Wildman–Crippen MR) is 92.6 cm³/mol. The van der Waals surface area contributed by atoms with E-state index in [9.17, 15) is 19.7 Å². The van der Waals surface area contributed by atoms with Crippen LogP contribution in [0.2, 0.25) is 0 Å². The van der Waals surface area contributed by atoms with E-state index in [1.54, 1.807) is 12.1 Å². The van der Waals surface area contributed by atoms with Crippen molar-refractivity contribution in [3.63, 3.8) is 0 Å². The van der Waals surface area contributed by atoms with Crippen molar-refractivity contribution in [2.45, 2.75) is 44.6 Å². The lowest BCUT2D eigenvalue weighted by atomic mass is 10.1. The lowest BCUT2D eigenvalue weighted by Crippen LogP contribution is -2.24. The maximum Gasteiger partial charge on any atom is 0.305 e. The van der Waals surface area contributed by atoms with Gasteiger partial charge < -0.3 is 15.4 Å².